The van der Waals surface area contributed by atoms with Crippen molar-refractivity contribution in [3.8, 4) is 17.0 Å². The van der Waals surface area contributed by atoms with E-state index < -0.39 is 11.6 Å². The van der Waals surface area contributed by atoms with Gasteiger partial charge in [0.25, 0.3) is 5.91 Å². The van der Waals surface area contributed by atoms with Gasteiger partial charge in [0.2, 0.25) is 0 Å². The second-order valence-corrected chi connectivity index (χ2v) is 13.5. The summed E-state index contributed by atoms with van der Waals surface area (Å²) in [5.41, 5.74) is 4.75. The number of fused-ring (bicyclic) bond motifs is 2. The zero-order valence-electron chi connectivity index (χ0n) is 26.9. The maximum atomic E-state index is 14.6. The summed E-state index contributed by atoms with van der Waals surface area (Å²) in [6.07, 6.45) is 3.42. The van der Waals surface area contributed by atoms with E-state index in [1.54, 1.807) is 7.11 Å². The van der Waals surface area contributed by atoms with Crippen molar-refractivity contribution < 1.29 is 27.6 Å². The van der Waals surface area contributed by atoms with E-state index in [0.29, 0.717) is 42.6 Å². The number of halogens is 4. The predicted molar refractivity (Wildman–Crippen MR) is 183 cm³/mol. The molecule has 3 heterocycles. The first-order valence-electron chi connectivity index (χ1n) is 16.4. The number of nitrogens with zero attached hydrogens (tertiary/aromatic N) is 2. The molecule has 0 spiro atoms. The van der Waals surface area contributed by atoms with Crippen LogP contribution < -0.4 is 15.4 Å². The molecule has 2 bridgehead atoms. The highest BCUT2D eigenvalue weighted by Crippen LogP contribution is 2.38. The number of nitrogens with one attached hydrogen (secondary N) is 2. The second-order valence-electron chi connectivity index (χ2n) is 12.7. The lowest BCUT2D eigenvalue weighted by atomic mass is 9.83. The van der Waals surface area contributed by atoms with Crippen molar-refractivity contribution in [2.75, 3.05) is 26.8 Å². The van der Waals surface area contributed by atoms with Crippen LogP contribution in [0.4, 0.5) is 8.78 Å². The number of methoxy groups -OCH3 is 1. The smallest absolute Gasteiger partial charge is 0.252 e. The van der Waals surface area contributed by atoms with Gasteiger partial charge in [-0.1, -0.05) is 52.6 Å². The van der Waals surface area contributed by atoms with Gasteiger partial charge in [0, 0.05) is 55.5 Å². The Morgan fingerprint density at radius 3 is 2.61 bits per heavy atom. The Labute approximate surface area is 293 Å². The van der Waals surface area contributed by atoms with E-state index in [0.717, 1.165) is 65.8 Å². The maximum absolute atomic E-state index is 14.6. The number of piperazine rings is 1. The average Bonchev–Trinajstić information content (AvgIpc) is 3.85. The van der Waals surface area contributed by atoms with E-state index in [1.807, 2.05) is 41.3 Å². The van der Waals surface area contributed by atoms with Crippen LogP contribution in [0, 0.1) is 11.6 Å². The summed E-state index contributed by atoms with van der Waals surface area (Å²) in [6.45, 7) is 2.55. The number of ether oxygens (including phenoxy) is 2. The van der Waals surface area contributed by atoms with E-state index in [-0.39, 0.29) is 46.9 Å². The average molecular weight is 710 g/mol. The maximum Gasteiger partial charge on any atom is 0.252 e. The Morgan fingerprint density at radius 1 is 1.04 bits per heavy atom. The number of rotatable bonds is 12. The van der Waals surface area contributed by atoms with Crippen LogP contribution in [0.1, 0.15) is 41.7 Å². The van der Waals surface area contributed by atoms with Crippen LogP contribution in [0.25, 0.3) is 16.8 Å². The van der Waals surface area contributed by atoms with Crippen LogP contribution in [0.5, 0.6) is 5.75 Å². The molecule has 0 unspecified atom stereocenters. The number of benzene rings is 3. The first kappa shape index (κ1) is 33.7. The third-order valence-electron chi connectivity index (χ3n) is 9.27. The Balaban J connectivity index is 1.11. The first-order valence-corrected chi connectivity index (χ1v) is 17.1. The molecule has 1 saturated heterocycles. The molecule has 3 aliphatic rings. The third-order valence-corrected chi connectivity index (χ3v) is 10.0. The molecule has 1 saturated carbocycles. The minimum Gasteiger partial charge on any atom is -0.486 e. The van der Waals surface area contributed by atoms with Crippen molar-refractivity contribution in [1.29, 1.82) is 0 Å². The van der Waals surface area contributed by atoms with Gasteiger partial charge < -0.3 is 29.5 Å². The Morgan fingerprint density at radius 2 is 1.84 bits per heavy atom. The molecule has 49 heavy (non-hydrogen) atoms. The first-order chi connectivity index (χ1) is 23.8. The van der Waals surface area contributed by atoms with Crippen LogP contribution in [-0.2, 0) is 29.1 Å². The molecular formula is C37H36Cl2F2N4O4. The molecule has 2 fully saturated rings. The highest BCUT2D eigenvalue weighted by atomic mass is 35.5. The summed E-state index contributed by atoms with van der Waals surface area (Å²) in [7, 11) is 1.69. The van der Waals surface area contributed by atoms with E-state index in [4.69, 9.17) is 37.2 Å². The van der Waals surface area contributed by atoms with Gasteiger partial charge in [-0.15, -0.1) is 0 Å². The zero-order valence-corrected chi connectivity index (χ0v) is 28.4. The Kier molecular flexibility index (Phi) is 10.0. The van der Waals surface area contributed by atoms with E-state index in [9.17, 15) is 13.6 Å². The monoisotopic (exact) mass is 708 g/mol. The van der Waals surface area contributed by atoms with Crippen LogP contribution in [-0.4, -0.2) is 60.9 Å². The molecule has 3 aromatic carbocycles. The molecule has 12 heteroatoms. The van der Waals surface area contributed by atoms with Gasteiger partial charge in [-0.2, -0.15) is 0 Å². The molecule has 2 aliphatic heterocycles. The van der Waals surface area contributed by atoms with E-state index in [2.05, 4.69) is 21.9 Å². The standard InChI is InChI=1S/C37H36Cl2F2N4O4/c1-47-13-12-21-2-9-29(38)23(14-21)19-45(25-5-6-25)37(46)34-28(15-24-17-42-18-33(34)43-24)22-3-7-26(8-4-22)48-20-27-16-32(44-49-27)35-30(40)10-11-31(41)36(35)39/h2-4,7-11,14,16,24-25,33,42-43H,5-6,12-13,15,17-20H2,1H3/t24-,33+/m0/s1. The van der Waals surface area contributed by atoms with Crippen LogP contribution in [0.15, 0.2) is 70.8 Å². The normalized spacial score (nSPS) is 18.9. The van der Waals surface area contributed by atoms with Crippen LogP contribution in [0.3, 0.4) is 0 Å². The van der Waals surface area contributed by atoms with Gasteiger partial charge >= 0.3 is 0 Å². The van der Waals surface area contributed by atoms with Gasteiger partial charge in [-0.25, -0.2) is 8.78 Å². The quantitative estimate of drug-likeness (QED) is 0.154. The number of amides is 1. The molecule has 256 valence electrons. The molecule has 4 aromatic rings. The summed E-state index contributed by atoms with van der Waals surface area (Å²) in [5.74, 6) is -0.530. The van der Waals surface area contributed by atoms with Crippen molar-refractivity contribution in [1.82, 2.24) is 20.7 Å². The lowest BCUT2D eigenvalue weighted by molar-refractivity contribution is -0.128. The van der Waals surface area contributed by atoms with Crippen molar-refractivity contribution in [3.63, 3.8) is 0 Å². The lowest BCUT2D eigenvalue weighted by Gasteiger charge is -2.41. The topological polar surface area (TPSA) is 88.9 Å². The highest BCUT2D eigenvalue weighted by Gasteiger charge is 2.41. The van der Waals surface area contributed by atoms with Gasteiger partial charge in [0.05, 0.1) is 23.2 Å². The fourth-order valence-corrected chi connectivity index (χ4v) is 7.05. The van der Waals surface area contributed by atoms with E-state index >= 15 is 0 Å². The third kappa shape index (κ3) is 7.39. The number of aromatic nitrogens is 1. The van der Waals surface area contributed by atoms with Crippen molar-refractivity contribution in [2.45, 2.75) is 57.0 Å². The Hall–Kier alpha value is -3.80. The molecular weight excluding hydrogens is 673 g/mol. The number of hydrogen-bond acceptors (Lipinski definition) is 7. The van der Waals surface area contributed by atoms with Gasteiger partial charge in [-0.3, -0.25) is 4.79 Å². The summed E-state index contributed by atoms with van der Waals surface area (Å²) < 4.78 is 44.8. The minimum atomic E-state index is -0.749. The van der Waals surface area contributed by atoms with E-state index in [1.165, 1.54) is 6.07 Å². The minimum absolute atomic E-state index is 0.0125. The number of carbonyl (C=O) groups excluding carboxylic acids is 1. The molecule has 2 atom stereocenters. The van der Waals surface area contributed by atoms with Crippen molar-refractivity contribution in [2.24, 2.45) is 0 Å². The van der Waals surface area contributed by atoms with Gasteiger partial charge in [0.1, 0.15) is 29.7 Å². The SMILES string of the molecule is COCCc1ccc(Cl)c(CN(C(=O)C2=C(c3ccc(OCc4cc(-c5c(F)ccc(F)c5Cl)no4)cc3)C[C@H]3CNC[C@H]2N3)C2CC2)c1. The molecule has 8 nitrogen and oxygen atoms in total. The molecule has 2 N–H and O–H groups in total. The molecule has 1 aromatic heterocycles. The fourth-order valence-electron chi connectivity index (χ4n) is 6.62. The van der Waals surface area contributed by atoms with Crippen molar-refractivity contribution >= 4 is 34.7 Å². The zero-order chi connectivity index (χ0) is 34.1. The highest BCUT2D eigenvalue weighted by molar-refractivity contribution is 6.33. The fraction of sp³-hybridized carbons (Fsp3) is 0.351. The molecule has 1 amide bonds. The van der Waals surface area contributed by atoms with Crippen LogP contribution >= 0.6 is 23.2 Å². The number of carbonyl (C=O) groups is 1. The van der Waals surface area contributed by atoms with Crippen LogP contribution in [0.2, 0.25) is 10.0 Å². The summed E-state index contributed by atoms with van der Waals surface area (Å²) in [5, 5.41) is 11.3. The molecule has 1 aliphatic carbocycles. The summed E-state index contributed by atoms with van der Waals surface area (Å²) >= 11 is 12.6. The largest absolute Gasteiger partial charge is 0.486 e. The van der Waals surface area contributed by atoms with Gasteiger partial charge in [0.15, 0.2) is 5.76 Å². The van der Waals surface area contributed by atoms with Crippen molar-refractivity contribution in [3.05, 3.63) is 110 Å². The number of hydrogen-bond donors (Lipinski definition) is 2. The Bertz CT molecular complexity index is 1880. The lowest BCUT2D eigenvalue weighted by Crippen LogP contribution is -2.60. The molecule has 0 radical (unpaired) electrons. The summed E-state index contributed by atoms with van der Waals surface area (Å²) in [4.78, 5) is 16.6. The summed E-state index contributed by atoms with van der Waals surface area (Å²) in [6, 6.07) is 17.3. The molecule has 7 rings (SSSR count). The predicted octanol–water partition coefficient (Wildman–Crippen LogP) is 6.97. The van der Waals surface area contributed by atoms with Gasteiger partial charge in [-0.05, 0) is 78.3 Å². The second kappa shape index (κ2) is 14.6.